The molecule has 0 spiro atoms. The summed E-state index contributed by atoms with van der Waals surface area (Å²) in [7, 11) is 0. The maximum atomic E-state index is 12.6. The van der Waals surface area contributed by atoms with Crippen LogP contribution in [0.3, 0.4) is 0 Å². The van der Waals surface area contributed by atoms with Gasteiger partial charge in [-0.2, -0.15) is 0 Å². The van der Waals surface area contributed by atoms with Crippen LogP contribution in [0.4, 0.5) is 0 Å². The van der Waals surface area contributed by atoms with Gasteiger partial charge in [-0.3, -0.25) is 9.59 Å². The maximum absolute atomic E-state index is 12.6. The van der Waals surface area contributed by atoms with Crippen LogP contribution < -0.4 is 0 Å². The van der Waals surface area contributed by atoms with Crippen molar-refractivity contribution >= 4 is 11.8 Å². The van der Waals surface area contributed by atoms with Crippen molar-refractivity contribution in [2.45, 2.75) is 19.8 Å². The highest BCUT2D eigenvalue weighted by Gasteiger charge is 2.18. The fourth-order valence-electron chi connectivity index (χ4n) is 2.53. The smallest absolute Gasteiger partial charge is 0.313 e. The molecule has 0 N–H and O–H groups in total. The lowest BCUT2D eigenvalue weighted by Gasteiger charge is -2.13. The van der Waals surface area contributed by atoms with Crippen LogP contribution in [-0.2, 0) is 19.0 Å². The first kappa shape index (κ1) is 20.8. The number of carbonyl (C=O) groups is 2. The van der Waals surface area contributed by atoms with Crippen molar-refractivity contribution in [2.75, 3.05) is 33.0 Å². The van der Waals surface area contributed by atoms with Gasteiger partial charge in [0.1, 0.15) is 6.61 Å². The second-order valence-corrected chi connectivity index (χ2v) is 6.02. The molecule has 0 radical (unpaired) electrons. The van der Waals surface area contributed by atoms with Crippen LogP contribution in [0.5, 0.6) is 0 Å². The Labute approximate surface area is 160 Å². The molecule has 5 nitrogen and oxygen atoms in total. The first-order chi connectivity index (χ1) is 13.1. The summed E-state index contributed by atoms with van der Waals surface area (Å²) in [5.74, 6) is -0.870. The molecule has 0 heterocycles. The van der Waals surface area contributed by atoms with Crippen LogP contribution in [0.25, 0.3) is 0 Å². The largest absolute Gasteiger partial charge is 0.463 e. The molecule has 0 aliphatic carbocycles. The highest BCUT2D eigenvalue weighted by molar-refractivity contribution is 6.09. The fraction of sp³-hybridized carbons (Fsp3) is 0.364. The number of benzene rings is 2. The number of carbonyl (C=O) groups excluding carboxylic acids is 2. The number of rotatable bonds is 11. The summed E-state index contributed by atoms with van der Waals surface area (Å²) < 4.78 is 15.7. The molecule has 0 bridgehead atoms. The summed E-state index contributed by atoms with van der Waals surface area (Å²) in [4.78, 5) is 24.8. The van der Waals surface area contributed by atoms with E-state index in [4.69, 9.17) is 14.2 Å². The van der Waals surface area contributed by atoms with E-state index in [-0.39, 0.29) is 18.4 Å². The van der Waals surface area contributed by atoms with Crippen LogP contribution in [0, 0.1) is 0 Å². The molecule has 0 saturated heterocycles. The predicted octanol–water partition coefficient (Wildman–Crippen LogP) is 3.62. The summed E-state index contributed by atoms with van der Waals surface area (Å²) in [6.45, 7) is 5.88. The number of ketones is 1. The predicted molar refractivity (Wildman–Crippen MR) is 103 cm³/mol. The molecule has 2 aromatic carbocycles. The van der Waals surface area contributed by atoms with Crippen LogP contribution in [0.1, 0.15) is 41.3 Å². The third kappa shape index (κ3) is 6.62. The lowest BCUT2D eigenvalue weighted by Crippen LogP contribution is -2.17. The van der Waals surface area contributed by atoms with Crippen LogP contribution in [0.2, 0.25) is 0 Å². The van der Waals surface area contributed by atoms with Crippen molar-refractivity contribution in [1.82, 2.24) is 0 Å². The average molecular weight is 370 g/mol. The van der Waals surface area contributed by atoms with E-state index < -0.39 is 5.92 Å². The summed E-state index contributed by atoms with van der Waals surface area (Å²) in [6, 6.07) is 16.2. The van der Waals surface area contributed by atoms with E-state index in [0.29, 0.717) is 37.6 Å². The minimum atomic E-state index is -0.461. The van der Waals surface area contributed by atoms with E-state index in [1.807, 2.05) is 31.2 Å². The second-order valence-electron chi connectivity index (χ2n) is 6.02. The Morgan fingerprint density at radius 1 is 0.852 bits per heavy atom. The van der Waals surface area contributed by atoms with E-state index in [2.05, 4.69) is 0 Å². The first-order valence-corrected chi connectivity index (χ1v) is 9.15. The molecule has 27 heavy (non-hydrogen) atoms. The maximum Gasteiger partial charge on any atom is 0.313 e. The minimum Gasteiger partial charge on any atom is -0.463 e. The van der Waals surface area contributed by atoms with E-state index in [1.54, 1.807) is 37.3 Å². The summed E-state index contributed by atoms with van der Waals surface area (Å²) >= 11 is 0. The van der Waals surface area contributed by atoms with Gasteiger partial charge in [0.05, 0.1) is 25.7 Å². The molecular formula is C22H26O5. The topological polar surface area (TPSA) is 61.8 Å². The SMILES string of the molecule is CCOCCOCCOC(=O)[C@H](C)c1cccc(C(=O)c2ccccc2)c1. The van der Waals surface area contributed by atoms with Crippen molar-refractivity contribution in [1.29, 1.82) is 0 Å². The third-order valence-corrected chi connectivity index (χ3v) is 4.09. The second kappa shape index (κ2) is 11.3. The van der Waals surface area contributed by atoms with E-state index in [0.717, 1.165) is 5.56 Å². The molecule has 2 aromatic rings. The van der Waals surface area contributed by atoms with Crippen molar-refractivity contribution in [3.63, 3.8) is 0 Å². The highest BCUT2D eigenvalue weighted by Crippen LogP contribution is 2.20. The summed E-state index contributed by atoms with van der Waals surface area (Å²) in [5.41, 5.74) is 1.92. The molecule has 0 aliphatic rings. The molecule has 2 rings (SSSR count). The van der Waals surface area contributed by atoms with Crippen molar-refractivity contribution in [2.24, 2.45) is 0 Å². The highest BCUT2D eigenvalue weighted by atomic mass is 16.6. The molecule has 0 amide bonds. The van der Waals surface area contributed by atoms with Gasteiger partial charge >= 0.3 is 5.97 Å². The van der Waals surface area contributed by atoms with E-state index in [1.165, 1.54) is 0 Å². The standard InChI is InChI=1S/C22H26O5/c1-3-25-12-13-26-14-15-27-22(24)17(2)19-10-7-11-20(16-19)21(23)18-8-5-4-6-9-18/h4-11,16-17H,3,12-15H2,1-2H3/t17-/m1/s1. The Morgan fingerprint density at radius 3 is 2.26 bits per heavy atom. The average Bonchev–Trinajstić information content (AvgIpc) is 2.72. The van der Waals surface area contributed by atoms with Crippen molar-refractivity contribution < 1.29 is 23.8 Å². The van der Waals surface area contributed by atoms with Gasteiger partial charge in [0.15, 0.2) is 5.78 Å². The van der Waals surface area contributed by atoms with Gasteiger partial charge in [0.25, 0.3) is 0 Å². The zero-order valence-electron chi connectivity index (χ0n) is 15.9. The Bertz CT molecular complexity index is 726. The van der Waals surface area contributed by atoms with Gasteiger partial charge in [-0.25, -0.2) is 0 Å². The van der Waals surface area contributed by atoms with Gasteiger partial charge in [0.2, 0.25) is 0 Å². The van der Waals surface area contributed by atoms with Crippen LogP contribution in [0.15, 0.2) is 54.6 Å². The van der Waals surface area contributed by atoms with Gasteiger partial charge in [-0.15, -0.1) is 0 Å². The number of ether oxygens (including phenoxy) is 3. The zero-order chi connectivity index (χ0) is 19.5. The Balaban J connectivity index is 1.88. The van der Waals surface area contributed by atoms with Gasteiger partial charge in [-0.1, -0.05) is 48.5 Å². The number of esters is 1. The third-order valence-electron chi connectivity index (χ3n) is 4.09. The monoisotopic (exact) mass is 370 g/mol. The van der Waals surface area contributed by atoms with E-state index >= 15 is 0 Å². The lowest BCUT2D eigenvalue weighted by molar-refractivity contribution is -0.146. The first-order valence-electron chi connectivity index (χ1n) is 9.15. The Hall–Kier alpha value is -2.50. The van der Waals surface area contributed by atoms with Crippen LogP contribution in [-0.4, -0.2) is 44.8 Å². The minimum absolute atomic E-state index is 0.0688. The molecule has 0 aliphatic heterocycles. The zero-order valence-corrected chi connectivity index (χ0v) is 15.9. The van der Waals surface area contributed by atoms with E-state index in [9.17, 15) is 9.59 Å². The van der Waals surface area contributed by atoms with Gasteiger partial charge in [0, 0.05) is 17.7 Å². The molecule has 5 heteroatoms. The molecule has 144 valence electrons. The van der Waals surface area contributed by atoms with Crippen molar-refractivity contribution in [3.05, 3.63) is 71.3 Å². The molecule has 0 saturated carbocycles. The number of hydrogen-bond donors (Lipinski definition) is 0. The molecule has 0 aromatic heterocycles. The normalized spacial score (nSPS) is 11.8. The molecule has 1 atom stereocenters. The molecular weight excluding hydrogens is 344 g/mol. The number of hydrogen-bond acceptors (Lipinski definition) is 5. The lowest BCUT2D eigenvalue weighted by atomic mass is 9.96. The Morgan fingerprint density at radius 2 is 1.52 bits per heavy atom. The quantitative estimate of drug-likeness (QED) is 0.343. The molecule has 0 unspecified atom stereocenters. The summed E-state index contributed by atoms with van der Waals surface area (Å²) in [6.07, 6.45) is 0. The van der Waals surface area contributed by atoms with Gasteiger partial charge in [-0.05, 0) is 25.5 Å². The molecule has 0 fully saturated rings. The van der Waals surface area contributed by atoms with Crippen molar-refractivity contribution in [3.8, 4) is 0 Å². The van der Waals surface area contributed by atoms with Gasteiger partial charge < -0.3 is 14.2 Å². The fourth-order valence-corrected chi connectivity index (χ4v) is 2.53. The van der Waals surface area contributed by atoms with Crippen LogP contribution >= 0.6 is 0 Å². The summed E-state index contributed by atoms with van der Waals surface area (Å²) in [5, 5.41) is 0. The Kier molecular flexibility index (Phi) is 8.68.